The first-order chi connectivity index (χ1) is 7.27. The van der Waals surface area contributed by atoms with Crippen molar-refractivity contribution in [3.05, 3.63) is 66.5 Å². The van der Waals surface area contributed by atoms with E-state index in [4.69, 9.17) is 0 Å². The van der Waals surface area contributed by atoms with Crippen molar-refractivity contribution in [1.82, 2.24) is 0 Å². The van der Waals surface area contributed by atoms with E-state index >= 15 is 0 Å². The molecule has 0 aromatic heterocycles. The lowest BCUT2D eigenvalue weighted by molar-refractivity contribution is 0.601. The normalized spacial score (nSPS) is 14.4. The maximum Gasteiger partial charge on any atom is 0.147 e. The molecule has 1 aromatic carbocycles. The second kappa shape index (κ2) is 4.09. The average molecular weight is 205 g/mol. The van der Waals surface area contributed by atoms with Gasteiger partial charge in [-0.05, 0) is 24.3 Å². The highest BCUT2D eigenvalue weighted by atomic mass is 19.1. The predicted octanol–water partition coefficient (Wildman–Crippen LogP) is 3.37. The van der Waals surface area contributed by atoms with Crippen LogP contribution in [0.1, 0.15) is 0 Å². The van der Waals surface area contributed by atoms with Crippen LogP contribution in [0.4, 0.5) is 14.5 Å². The third kappa shape index (κ3) is 2.13. The largest absolute Gasteiger partial charge is 0.321 e. The molecule has 1 aromatic rings. The molecule has 0 saturated heterocycles. The van der Waals surface area contributed by atoms with Gasteiger partial charge >= 0.3 is 0 Å². The molecule has 0 spiro atoms. The van der Waals surface area contributed by atoms with E-state index in [1.807, 2.05) is 12.2 Å². The summed E-state index contributed by atoms with van der Waals surface area (Å²) in [5.74, 6) is -0.905. The van der Waals surface area contributed by atoms with Crippen molar-refractivity contribution in [2.45, 2.75) is 0 Å². The van der Waals surface area contributed by atoms with Crippen LogP contribution in [0.5, 0.6) is 0 Å². The second-order valence-corrected chi connectivity index (χ2v) is 3.07. The predicted molar refractivity (Wildman–Crippen MR) is 56.3 cm³/mol. The summed E-state index contributed by atoms with van der Waals surface area (Å²) in [6.07, 6.45) is 10.5. The van der Waals surface area contributed by atoms with Crippen molar-refractivity contribution in [2.75, 3.05) is 4.90 Å². The van der Waals surface area contributed by atoms with Gasteiger partial charge in [0.05, 0.1) is 5.69 Å². The van der Waals surface area contributed by atoms with Crippen LogP contribution >= 0.6 is 0 Å². The van der Waals surface area contributed by atoms with E-state index in [1.54, 1.807) is 24.6 Å². The van der Waals surface area contributed by atoms with Crippen LogP contribution in [0.15, 0.2) is 54.9 Å². The molecule has 0 fully saturated rings. The first kappa shape index (κ1) is 9.65. The molecule has 2 rings (SSSR count). The van der Waals surface area contributed by atoms with Crippen LogP contribution in [0.3, 0.4) is 0 Å². The van der Waals surface area contributed by atoms with Crippen molar-refractivity contribution >= 4 is 5.69 Å². The summed E-state index contributed by atoms with van der Waals surface area (Å²) in [7, 11) is 0. The summed E-state index contributed by atoms with van der Waals surface area (Å²) in [5, 5.41) is 0. The van der Waals surface area contributed by atoms with Gasteiger partial charge in [0.2, 0.25) is 0 Å². The lowest BCUT2D eigenvalue weighted by Gasteiger charge is -2.15. The second-order valence-electron chi connectivity index (χ2n) is 3.07. The van der Waals surface area contributed by atoms with Crippen LogP contribution in [-0.4, -0.2) is 0 Å². The quantitative estimate of drug-likeness (QED) is 0.679. The van der Waals surface area contributed by atoms with E-state index in [9.17, 15) is 8.78 Å². The zero-order chi connectivity index (χ0) is 10.7. The first-order valence-electron chi connectivity index (χ1n) is 4.52. The van der Waals surface area contributed by atoms with Gasteiger partial charge in [0.1, 0.15) is 11.6 Å². The smallest absolute Gasteiger partial charge is 0.147 e. The first-order valence-corrected chi connectivity index (χ1v) is 4.52. The van der Waals surface area contributed by atoms with Gasteiger partial charge < -0.3 is 4.90 Å². The summed E-state index contributed by atoms with van der Waals surface area (Å²) in [6.45, 7) is 0. The van der Waals surface area contributed by atoms with Gasteiger partial charge in [0.15, 0.2) is 0 Å². The van der Waals surface area contributed by atoms with Crippen molar-refractivity contribution in [1.29, 1.82) is 0 Å². The van der Waals surface area contributed by atoms with Crippen LogP contribution in [0, 0.1) is 11.6 Å². The summed E-state index contributed by atoms with van der Waals surface area (Å²) in [5.41, 5.74) is 0.200. The minimum Gasteiger partial charge on any atom is -0.321 e. The number of hydrogen-bond acceptors (Lipinski definition) is 1. The molecule has 3 heteroatoms. The molecule has 15 heavy (non-hydrogen) atoms. The lowest BCUT2D eigenvalue weighted by Crippen LogP contribution is -2.08. The van der Waals surface area contributed by atoms with E-state index in [2.05, 4.69) is 0 Å². The number of allylic oxidation sites excluding steroid dienone is 4. The van der Waals surface area contributed by atoms with Gasteiger partial charge in [0, 0.05) is 18.5 Å². The van der Waals surface area contributed by atoms with Crippen LogP contribution < -0.4 is 4.90 Å². The van der Waals surface area contributed by atoms with Crippen molar-refractivity contribution in [2.24, 2.45) is 0 Å². The fourth-order valence-corrected chi connectivity index (χ4v) is 1.31. The molecule has 0 saturated carbocycles. The standard InChI is InChI=1S/C12H9F2N/c13-10-5-6-11(14)12(9-10)15-7-3-1-2-4-8-15/h1-9H. The van der Waals surface area contributed by atoms with Gasteiger partial charge in [0.25, 0.3) is 0 Å². The zero-order valence-corrected chi connectivity index (χ0v) is 7.90. The number of anilines is 1. The minimum absolute atomic E-state index is 0.200. The maximum absolute atomic E-state index is 13.4. The Hall–Kier alpha value is -1.90. The average Bonchev–Trinajstić information content (AvgIpc) is 2.50. The van der Waals surface area contributed by atoms with Crippen LogP contribution in [0.2, 0.25) is 0 Å². The molecule has 0 bridgehead atoms. The highest BCUT2D eigenvalue weighted by molar-refractivity contribution is 5.54. The van der Waals surface area contributed by atoms with Crippen molar-refractivity contribution in [3.8, 4) is 0 Å². The Morgan fingerprint density at radius 2 is 1.53 bits per heavy atom. The minimum atomic E-state index is -0.453. The molecule has 0 aliphatic carbocycles. The molecular weight excluding hydrogens is 196 g/mol. The molecule has 76 valence electrons. The summed E-state index contributed by atoms with van der Waals surface area (Å²) >= 11 is 0. The van der Waals surface area contributed by atoms with Crippen LogP contribution in [-0.2, 0) is 0 Å². The summed E-state index contributed by atoms with van der Waals surface area (Å²) < 4.78 is 26.3. The Balaban J connectivity index is 2.40. The lowest BCUT2D eigenvalue weighted by atomic mass is 10.2. The Kier molecular flexibility index (Phi) is 2.63. The Labute approximate surface area is 86.6 Å². The Morgan fingerprint density at radius 3 is 2.20 bits per heavy atom. The Bertz CT molecular complexity index is 431. The topological polar surface area (TPSA) is 3.24 Å². The SMILES string of the molecule is Fc1ccc(F)c(N2C=CC=CC=C2)c1. The molecular formula is C12H9F2N. The zero-order valence-electron chi connectivity index (χ0n) is 7.90. The van der Waals surface area contributed by atoms with Gasteiger partial charge in [-0.2, -0.15) is 0 Å². The number of rotatable bonds is 1. The molecule has 1 nitrogen and oxygen atoms in total. The maximum atomic E-state index is 13.4. The molecule has 1 aliphatic heterocycles. The van der Waals surface area contributed by atoms with E-state index in [0.29, 0.717) is 0 Å². The van der Waals surface area contributed by atoms with Gasteiger partial charge in [-0.1, -0.05) is 12.2 Å². The fraction of sp³-hybridized carbons (Fsp3) is 0. The van der Waals surface area contributed by atoms with E-state index in [0.717, 1.165) is 18.2 Å². The third-order valence-corrected chi connectivity index (χ3v) is 2.01. The van der Waals surface area contributed by atoms with Gasteiger partial charge in [-0.15, -0.1) is 0 Å². The highest BCUT2D eigenvalue weighted by Crippen LogP contribution is 2.21. The monoisotopic (exact) mass is 205 g/mol. The van der Waals surface area contributed by atoms with Gasteiger partial charge in [-0.3, -0.25) is 0 Å². The van der Waals surface area contributed by atoms with E-state index in [-0.39, 0.29) is 5.69 Å². The summed E-state index contributed by atoms with van der Waals surface area (Å²) in [6, 6.07) is 3.38. The third-order valence-electron chi connectivity index (χ3n) is 2.01. The molecule has 0 atom stereocenters. The van der Waals surface area contributed by atoms with Crippen molar-refractivity contribution in [3.63, 3.8) is 0 Å². The van der Waals surface area contributed by atoms with E-state index in [1.165, 1.54) is 4.90 Å². The molecule has 0 N–H and O–H groups in total. The fourth-order valence-electron chi connectivity index (χ4n) is 1.31. The van der Waals surface area contributed by atoms with Crippen molar-refractivity contribution < 1.29 is 8.78 Å². The highest BCUT2D eigenvalue weighted by Gasteiger charge is 2.08. The number of halogens is 2. The van der Waals surface area contributed by atoms with Crippen LogP contribution in [0.25, 0.3) is 0 Å². The number of hydrogen-bond donors (Lipinski definition) is 0. The molecule has 1 heterocycles. The molecule has 1 aliphatic rings. The van der Waals surface area contributed by atoms with Gasteiger partial charge in [-0.25, -0.2) is 8.78 Å². The van der Waals surface area contributed by atoms with E-state index < -0.39 is 11.6 Å². The number of benzene rings is 1. The number of nitrogens with zero attached hydrogens (tertiary/aromatic N) is 1. The molecule has 0 unspecified atom stereocenters. The molecule has 0 amide bonds. The Morgan fingerprint density at radius 1 is 0.867 bits per heavy atom. The molecule has 0 radical (unpaired) electrons. The summed E-state index contributed by atoms with van der Waals surface area (Å²) in [4.78, 5) is 1.53.